The maximum atomic E-state index is 3.66. The number of hydrogen-bond acceptors (Lipinski definition) is 2. The lowest BCUT2D eigenvalue weighted by molar-refractivity contribution is 0.389. The standard InChI is InChI=1S/C17H25BrN2/c1-12-3-4-13(2)20(11-12)17-9-15(18)6-5-14(17)10-19-16-7-8-16/h5-6,9,12-13,16,19H,3-4,7-8,10-11H2,1-2H3. The van der Waals surface area contributed by atoms with Crippen molar-refractivity contribution >= 4 is 21.6 Å². The van der Waals surface area contributed by atoms with E-state index >= 15 is 0 Å². The molecular weight excluding hydrogens is 312 g/mol. The van der Waals surface area contributed by atoms with Crippen molar-refractivity contribution in [2.24, 2.45) is 5.92 Å². The van der Waals surface area contributed by atoms with Crippen LogP contribution in [0.15, 0.2) is 22.7 Å². The first-order valence-corrected chi connectivity index (χ1v) is 8.71. The molecule has 2 nitrogen and oxygen atoms in total. The molecule has 3 rings (SSSR count). The van der Waals surface area contributed by atoms with Gasteiger partial charge in [0.1, 0.15) is 0 Å². The molecule has 1 N–H and O–H groups in total. The van der Waals surface area contributed by atoms with Crippen molar-refractivity contribution in [1.29, 1.82) is 0 Å². The molecule has 0 spiro atoms. The zero-order valence-corrected chi connectivity index (χ0v) is 14.1. The first-order chi connectivity index (χ1) is 9.63. The first-order valence-electron chi connectivity index (χ1n) is 7.92. The molecule has 1 saturated carbocycles. The molecule has 3 heteroatoms. The van der Waals surface area contributed by atoms with Crippen LogP contribution in [0.2, 0.25) is 0 Å². The molecule has 2 unspecified atom stereocenters. The van der Waals surface area contributed by atoms with Crippen LogP contribution in [0.5, 0.6) is 0 Å². The molecule has 1 aromatic carbocycles. The molecule has 1 aromatic rings. The second kappa shape index (κ2) is 6.07. The Morgan fingerprint density at radius 1 is 1.20 bits per heavy atom. The van der Waals surface area contributed by atoms with Crippen LogP contribution in [0.25, 0.3) is 0 Å². The van der Waals surface area contributed by atoms with Gasteiger partial charge in [0.25, 0.3) is 0 Å². The second-order valence-corrected chi connectivity index (χ2v) is 7.53. The monoisotopic (exact) mass is 336 g/mol. The van der Waals surface area contributed by atoms with E-state index in [1.54, 1.807) is 0 Å². The van der Waals surface area contributed by atoms with Gasteiger partial charge in [0, 0.05) is 35.3 Å². The number of nitrogens with one attached hydrogen (secondary N) is 1. The van der Waals surface area contributed by atoms with Gasteiger partial charge in [-0.3, -0.25) is 0 Å². The smallest absolute Gasteiger partial charge is 0.0425 e. The Morgan fingerprint density at radius 2 is 2.00 bits per heavy atom. The Morgan fingerprint density at radius 3 is 2.75 bits per heavy atom. The van der Waals surface area contributed by atoms with E-state index in [2.05, 4.69) is 58.2 Å². The molecule has 2 atom stereocenters. The first kappa shape index (κ1) is 14.4. The molecule has 1 saturated heterocycles. The molecule has 20 heavy (non-hydrogen) atoms. The van der Waals surface area contributed by atoms with Crippen molar-refractivity contribution in [2.75, 3.05) is 11.4 Å². The van der Waals surface area contributed by atoms with Crippen LogP contribution in [-0.4, -0.2) is 18.6 Å². The van der Waals surface area contributed by atoms with Gasteiger partial charge in [-0.05, 0) is 56.2 Å². The third-order valence-electron chi connectivity index (χ3n) is 4.63. The van der Waals surface area contributed by atoms with Gasteiger partial charge in [-0.15, -0.1) is 0 Å². The summed E-state index contributed by atoms with van der Waals surface area (Å²) < 4.78 is 1.19. The Labute approximate surface area is 131 Å². The van der Waals surface area contributed by atoms with Gasteiger partial charge in [0.2, 0.25) is 0 Å². The van der Waals surface area contributed by atoms with Crippen LogP contribution in [-0.2, 0) is 6.54 Å². The largest absolute Gasteiger partial charge is 0.368 e. The fourth-order valence-electron chi connectivity index (χ4n) is 3.12. The van der Waals surface area contributed by atoms with Crippen LogP contribution < -0.4 is 10.2 Å². The maximum absolute atomic E-state index is 3.66. The highest BCUT2D eigenvalue weighted by molar-refractivity contribution is 9.10. The average molecular weight is 337 g/mol. The van der Waals surface area contributed by atoms with Crippen LogP contribution in [0, 0.1) is 5.92 Å². The highest BCUT2D eigenvalue weighted by atomic mass is 79.9. The third kappa shape index (κ3) is 3.37. The van der Waals surface area contributed by atoms with Crippen LogP contribution in [0.4, 0.5) is 5.69 Å². The summed E-state index contributed by atoms with van der Waals surface area (Å²) in [6.45, 7) is 6.93. The molecule has 1 aliphatic heterocycles. The number of anilines is 1. The van der Waals surface area contributed by atoms with E-state index in [1.165, 1.54) is 48.0 Å². The number of nitrogens with zero attached hydrogens (tertiary/aromatic N) is 1. The van der Waals surface area contributed by atoms with E-state index in [0.717, 1.165) is 18.5 Å². The lowest BCUT2D eigenvalue weighted by Gasteiger charge is -2.39. The van der Waals surface area contributed by atoms with Crippen molar-refractivity contribution < 1.29 is 0 Å². The zero-order chi connectivity index (χ0) is 14.1. The molecule has 2 fully saturated rings. The van der Waals surface area contributed by atoms with Crippen molar-refractivity contribution in [3.05, 3.63) is 28.2 Å². The van der Waals surface area contributed by atoms with E-state index in [4.69, 9.17) is 0 Å². The SMILES string of the molecule is CC1CCC(C)N(c2cc(Br)ccc2CNC2CC2)C1. The van der Waals surface area contributed by atoms with Gasteiger partial charge in [-0.25, -0.2) is 0 Å². The summed E-state index contributed by atoms with van der Waals surface area (Å²) >= 11 is 3.64. The molecule has 0 radical (unpaired) electrons. The topological polar surface area (TPSA) is 15.3 Å². The van der Waals surface area contributed by atoms with Gasteiger partial charge in [-0.2, -0.15) is 0 Å². The predicted octanol–water partition coefficient (Wildman–Crippen LogP) is 4.33. The fourth-order valence-corrected chi connectivity index (χ4v) is 3.47. The lowest BCUT2D eigenvalue weighted by atomic mass is 9.93. The van der Waals surface area contributed by atoms with Gasteiger partial charge in [0.15, 0.2) is 0 Å². The highest BCUT2D eigenvalue weighted by Crippen LogP contribution is 2.32. The summed E-state index contributed by atoms with van der Waals surface area (Å²) in [4.78, 5) is 2.61. The zero-order valence-electron chi connectivity index (χ0n) is 12.5. The average Bonchev–Trinajstić information content (AvgIpc) is 3.24. The summed E-state index contributed by atoms with van der Waals surface area (Å²) in [7, 11) is 0. The molecular formula is C17H25BrN2. The predicted molar refractivity (Wildman–Crippen MR) is 89.2 cm³/mol. The Kier molecular flexibility index (Phi) is 4.37. The molecule has 2 aliphatic rings. The van der Waals surface area contributed by atoms with E-state index in [-0.39, 0.29) is 0 Å². The van der Waals surface area contributed by atoms with Crippen molar-refractivity contribution in [1.82, 2.24) is 5.32 Å². The summed E-state index contributed by atoms with van der Waals surface area (Å²) in [5, 5.41) is 3.66. The fraction of sp³-hybridized carbons (Fsp3) is 0.647. The van der Waals surface area contributed by atoms with Gasteiger partial charge < -0.3 is 10.2 Å². The van der Waals surface area contributed by atoms with Crippen molar-refractivity contribution in [2.45, 2.75) is 58.2 Å². The minimum absolute atomic E-state index is 0.653. The normalized spacial score (nSPS) is 26.9. The summed E-state index contributed by atoms with van der Waals surface area (Å²) in [6.07, 6.45) is 5.37. The van der Waals surface area contributed by atoms with E-state index < -0.39 is 0 Å². The molecule has 0 amide bonds. The molecule has 0 aromatic heterocycles. The molecule has 1 aliphatic carbocycles. The third-order valence-corrected chi connectivity index (χ3v) is 5.13. The minimum Gasteiger partial charge on any atom is -0.368 e. The highest BCUT2D eigenvalue weighted by Gasteiger charge is 2.26. The van der Waals surface area contributed by atoms with E-state index in [0.29, 0.717) is 6.04 Å². The van der Waals surface area contributed by atoms with Gasteiger partial charge >= 0.3 is 0 Å². The number of benzene rings is 1. The Balaban J connectivity index is 1.82. The molecule has 0 bridgehead atoms. The number of halogens is 1. The van der Waals surface area contributed by atoms with Gasteiger partial charge in [0.05, 0.1) is 0 Å². The number of hydrogen-bond donors (Lipinski definition) is 1. The lowest BCUT2D eigenvalue weighted by Crippen LogP contribution is -2.41. The van der Waals surface area contributed by atoms with E-state index in [1.807, 2.05) is 0 Å². The van der Waals surface area contributed by atoms with Crippen LogP contribution >= 0.6 is 15.9 Å². The summed E-state index contributed by atoms with van der Waals surface area (Å²) in [6, 6.07) is 8.18. The Hall–Kier alpha value is -0.540. The molecule has 1 heterocycles. The van der Waals surface area contributed by atoms with Crippen LogP contribution in [0.1, 0.15) is 45.1 Å². The van der Waals surface area contributed by atoms with Gasteiger partial charge in [-0.1, -0.05) is 28.9 Å². The maximum Gasteiger partial charge on any atom is 0.0425 e. The number of piperidine rings is 1. The quantitative estimate of drug-likeness (QED) is 0.880. The number of rotatable bonds is 4. The summed E-state index contributed by atoms with van der Waals surface area (Å²) in [5.41, 5.74) is 2.87. The Bertz CT molecular complexity index is 470. The summed E-state index contributed by atoms with van der Waals surface area (Å²) in [5.74, 6) is 0.800. The van der Waals surface area contributed by atoms with E-state index in [9.17, 15) is 0 Å². The van der Waals surface area contributed by atoms with Crippen molar-refractivity contribution in [3.63, 3.8) is 0 Å². The minimum atomic E-state index is 0.653. The molecule has 110 valence electrons. The second-order valence-electron chi connectivity index (χ2n) is 6.61. The van der Waals surface area contributed by atoms with Crippen LogP contribution in [0.3, 0.4) is 0 Å². The van der Waals surface area contributed by atoms with Crippen molar-refractivity contribution in [3.8, 4) is 0 Å².